The third-order valence-electron chi connectivity index (χ3n) is 2.43. The number of hydrogen-bond acceptors (Lipinski definition) is 4. The van der Waals surface area contributed by atoms with E-state index in [-0.39, 0.29) is 0 Å². The number of anilines is 1. The van der Waals surface area contributed by atoms with Crippen molar-refractivity contribution in [1.29, 1.82) is 0 Å². The molecule has 0 atom stereocenters. The molecule has 0 aromatic heterocycles. The maximum Gasteiger partial charge on any atom is 0.103 e. The lowest BCUT2D eigenvalue weighted by Gasteiger charge is -2.11. The molecule has 0 bridgehead atoms. The van der Waals surface area contributed by atoms with Gasteiger partial charge in [0.05, 0.1) is 13.2 Å². The van der Waals surface area contributed by atoms with Gasteiger partial charge in [0.15, 0.2) is 0 Å². The first-order valence-electron chi connectivity index (χ1n) is 5.96. The van der Waals surface area contributed by atoms with Crippen molar-refractivity contribution in [1.82, 2.24) is 4.90 Å². The molecule has 1 aromatic rings. The molecule has 18 heavy (non-hydrogen) atoms. The lowest BCUT2D eigenvalue weighted by Crippen LogP contribution is -2.20. The minimum absolute atomic E-state index is 0.425. The van der Waals surface area contributed by atoms with Crippen LogP contribution in [0.4, 0.5) is 5.69 Å². The zero-order chi connectivity index (χ0) is 13.4. The van der Waals surface area contributed by atoms with E-state index in [9.17, 15) is 0 Å². The minimum Gasteiger partial charge on any atom is -0.389 e. The van der Waals surface area contributed by atoms with Crippen LogP contribution in [0.15, 0.2) is 24.3 Å². The Bertz CT molecular complexity index is 365. The Labute approximate surface area is 114 Å². The SMILES string of the molecule is CN(C)CCOCCNc1ccc(C(N)=S)cc1. The quantitative estimate of drug-likeness (QED) is 0.549. The molecule has 0 aliphatic carbocycles. The third kappa shape index (κ3) is 5.95. The lowest BCUT2D eigenvalue weighted by molar-refractivity contribution is 0.126. The van der Waals surface area contributed by atoms with Gasteiger partial charge in [-0.05, 0) is 38.4 Å². The fourth-order valence-corrected chi connectivity index (χ4v) is 1.51. The highest BCUT2D eigenvalue weighted by Gasteiger charge is 1.96. The Morgan fingerprint density at radius 1 is 1.28 bits per heavy atom. The van der Waals surface area contributed by atoms with Crippen molar-refractivity contribution in [3.8, 4) is 0 Å². The highest BCUT2D eigenvalue weighted by atomic mass is 32.1. The van der Waals surface area contributed by atoms with Gasteiger partial charge in [-0.1, -0.05) is 12.2 Å². The third-order valence-corrected chi connectivity index (χ3v) is 2.66. The second-order valence-electron chi connectivity index (χ2n) is 4.28. The molecule has 100 valence electrons. The molecule has 0 aliphatic heterocycles. The van der Waals surface area contributed by atoms with Crippen molar-refractivity contribution < 1.29 is 4.74 Å². The van der Waals surface area contributed by atoms with Crippen LogP contribution in [0.5, 0.6) is 0 Å². The van der Waals surface area contributed by atoms with E-state index in [0.29, 0.717) is 11.6 Å². The fourth-order valence-electron chi connectivity index (χ4n) is 1.37. The predicted molar refractivity (Wildman–Crippen MR) is 80.2 cm³/mol. The molecule has 0 saturated heterocycles. The zero-order valence-electron chi connectivity index (χ0n) is 11.0. The summed E-state index contributed by atoms with van der Waals surface area (Å²) in [5.74, 6) is 0. The number of thiocarbonyl (C=S) groups is 1. The molecule has 0 unspecified atom stereocenters. The van der Waals surface area contributed by atoms with E-state index in [4.69, 9.17) is 22.7 Å². The summed E-state index contributed by atoms with van der Waals surface area (Å²) >= 11 is 4.89. The standard InChI is InChI=1S/C13H21N3OS/c1-16(2)8-10-17-9-7-15-12-5-3-11(4-6-12)13(14)18/h3-6,15H,7-10H2,1-2H3,(H2,14,18). The molecule has 0 saturated carbocycles. The summed E-state index contributed by atoms with van der Waals surface area (Å²) in [6, 6.07) is 7.76. The van der Waals surface area contributed by atoms with Crippen molar-refractivity contribution >= 4 is 22.9 Å². The number of benzene rings is 1. The summed E-state index contributed by atoms with van der Waals surface area (Å²) in [6.07, 6.45) is 0. The van der Waals surface area contributed by atoms with E-state index in [0.717, 1.165) is 30.9 Å². The van der Waals surface area contributed by atoms with E-state index < -0.39 is 0 Å². The summed E-state index contributed by atoms with van der Waals surface area (Å²) < 4.78 is 5.48. The van der Waals surface area contributed by atoms with E-state index >= 15 is 0 Å². The van der Waals surface area contributed by atoms with Crippen LogP contribution in [-0.2, 0) is 4.74 Å². The molecule has 0 heterocycles. The van der Waals surface area contributed by atoms with Crippen molar-refractivity contribution in [2.24, 2.45) is 5.73 Å². The molecule has 0 aliphatic rings. The molecule has 4 nitrogen and oxygen atoms in total. The number of hydrogen-bond donors (Lipinski definition) is 2. The van der Waals surface area contributed by atoms with Crippen LogP contribution >= 0.6 is 12.2 Å². The smallest absolute Gasteiger partial charge is 0.103 e. The largest absolute Gasteiger partial charge is 0.389 e. The number of nitrogens with two attached hydrogens (primary N) is 1. The molecular weight excluding hydrogens is 246 g/mol. The van der Waals surface area contributed by atoms with Gasteiger partial charge in [-0.25, -0.2) is 0 Å². The van der Waals surface area contributed by atoms with Gasteiger partial charge in [-0.2, -0.15) is 0 Å². The average molecular weight is 267 g/mol. The molecule has 1 rings (SSSR count). The lowest BCUT2D eigenvalue weighted by atomic mass is 10.2. The molecule has 0 fully saturated rings. The van der Waals surface area contributed by atoms with Crippen molar-refractivity contribution in [2.75, 3.05) is 45.7 Å². The van der Waals surface area contributed by atoms with Gasteiger partial charge in [0, 0.05) is 24.3 Å². The second kappa shape index (κ2) is 8.02. The first-order chi connectivity index (χ1) is 8.59. The maximum absolute atomic E-state index is 5.53. The predicted octanol–water partition coefficient (Wildman–Crippen LogP) is 1.31. The molecule has 3 N–H and O–H groups in total. The Morgan fingerprint density at radius 3 is 2.50 bits per heavy atom. The van der Waals surface area contributed by atoms with Gasteiger partial charge in [0.1, 0.15) is 4.99 Å². The summed E-state index contributed by atoms with van der Waals surface area (Å²) in [7, 11) is 4.07. The Hall–Kier alpha value is -1.17. The Balaban J connectivity index is 2.17. The first-order valence-corrected chi connectivity index (χ1v) is 6.36. The van der Waals surface area contributed by atoms with Gasteiger partial charge < -0.3 is 20.7 Å². The van der Waals surface area contributed by atoms with Gasteiger partial charge in [-0.15, -0.1) is 0 Å². The van der Waals surface area contributed by atoms with Crippen LogP contribution in [0.2, 0.25) is 0 Å². The number of nitrogens with zero attached hydrogens (tertiary/aromatic N) is 1. The van der Waals surface area contributed by atoms with Crippen molar-refractivity contribution in [3.63, 3.8) is 0 Å². The zero-order valence-corrected chi connectivity index (χ0v) is 11.8. The highest BCUT2D eigenvalue weighted by Crippen LogP contribution is 2.08. The van der Waals surface area contributed by atoms with Crippen LogP contribution in [-0.4, -0.2) is 50.3 Å². The van der Waals surface area contributed by atoms with Gasteiger partial charge in [0.2, 0.25) is 0 Å². The molecular formula is C13H21N3OS. The monoisotopic (exact) mass is 267 g/mol. The summed E-state index contributed by atoms with van der Waals surface area (Å²) in [5.41, 5.74) is 7.46. The van der Waals surface area contributed by atoms with E-state index in [1.165, 1.54) is 0 Å². The number of rotatable bonds is 8. The average Bonchev–Trinajstić information content (AvgIpc) is 2.34. The summed E-state index contributed by atoms with van der Waals surface area (Å²) in [5, 5.41) is 3.28. The summed E-state index contributed by atoms with van der Waals surface area (Å²) in [6.45, 7) is 3.20. The molecule has 0 amide bonds. The molecule has 0 radical (unpaired) electrons. The number of nitrogens with one attached hydrogen (secondary N) is 1. The van der Waals surface area contributed by atoms with Crippen molar-refractivity contribution in [3.05, 3.63) is 29.8 Å². The van der Waals surface area contributed by atoms with E-state index in [1.54, 1.807) is 0 Å². The Kier molecular flexibility index (Phi) is 6.64. The molecule has 0 spiro atoms. The van der Waals surface area contributed by atoms with Crippen LogP contribution < -0.4 is 11.1 Å². The van der Waals surface area contributed by atoms with Crippen LogP contribution in [0, 0.1) is 0 Å². The highest BCUT2D eigenvalue weighted by molar-refractivity contribution is 7.80. The second-order valence-corrected chi connectivity index (χ2v) is 4.72. The minimum atomic E-state index is 0.425. The normalized spacial score (nSPS) is 10.6. The Morgan fingerprint density at radius 2 is 1.94 bits per heavy atom. The van der Waals surface area contributed by atoms with Gasteiger partial charge in [0.25, 0.3) is 0 Å². The van der Waals surface area contributed by atoms with Crippen LogP contribution in [0.1, 0.15) is 5.56 Å². The van der Waals surface area contributed by atoms with E-state index in [1.807, 2.05) is 38.4 Å². The topological polar surface area (TPSA) is 50.5 Å². The van der Waals surface area contributed by atoms with Gasteiger partial charge >= 0.3 is 0 Å². The molecule has 5 heteroatoms. The summed E-state index contributed by atoms with van der Waals surface area (Å²) in [4.78, 5) is 2.52. The number of likely N-dealkylation sites (N-methyl/N-ethyl adjacent to an activating group) is 1. The van der Waals surface area contributed by atoms with Crippen molar-refractivity contribution in [2.45, 2.75) is 0 Å². The first kappa shape index (κ1) is 14.9. The molecule has 1 aromatic carbocycles. The maximum atomic E-state index is 5.53. The van der Waals surface area contributed by atoms with Crippen LogP contribution in [0.3, 0.4) is 0 Å². The van der Waals surface area contributed by atoms with Gasteiger partial charge in [-0.3, -0.25) is 0 Å². The van der Waals surface area contributed by atoms with Crippen LogP contribution in [0.25, 0.3) is 0 Å². The fraction of sp³-hybridized carbons (Fsp3) is 0.462. The number of ether oxygens (including phenoxy) is 1. The van der Waals surface area contributed by atoms with E-state index in [2.05, 4.69) is 10.2 Å².